The second-order valence-electron chi connectivity index (χ2n) is 4.05. The number of benzene rings is 1. The summed E-state index contributed by atoms with van der Waals surface area (Å²) in [5, 5.41) is 18.5. The fraction of sp³-hybridized carbons (Fsp3) is 0.417. The van der Waals surface area contributed by atoms with E-state index in [4.69, 9.17) is 5.26 Å². The van der Waals surface area contributed by atoms with Gasteiger partial charge in [0.05, 0.1) is 17.7 Å². The Bertz CT molecular complexity index is 428. The summed E-state index contributed by atoms with van der Waals surface area (Å²) in [4.78, 5) is 2.12. The van der Waals surface area contributed by atoms with Crippen LogP contribution in [0.25, 0.3) is 0 Å². The normalized spacial score (nSPS) is 20.6. The number of hydrogen-bond donors (Lipinski definition) is 1. The van der Waals surface area contributed by atoms with Crippen LogP contribution in [0.4, 0.5) is 5.69 Å². The third kappa shape index (κ3) is 2.55. The molecule has 1 heterocycles. The first kappa shape index (κ1) is 11.4. The van der Waals surface area contributed by atoms with Crippen molar-refractivity contribution in [3.05, 3.63) is 28.2 Å². The summed E-state index contributed by atoms with van der Waals surface area (Å²) in [5.74, 6) is 0. The molecule has 0 radical (unpaired) electrons. The third-order valence-corrected chi connectivity index (χ3v) is 3.23. The lowest BCUT2D eigenvalue weighted by Gasteiger charge is -2.32. The molecule has 0 amide bonds. The number of aliphatic hydroxyl groups excluding tert-OH is 1. The quantitative estimate of drug-likeness (QED) is 0.859. The van der Waals surface area contributed by atoms with Crippen LogP contribution in [0.5, 0.6) is 0 Å². The predicted molar refractivity (Wildman–Crippen MR) is 66.3 cm³/mol. The summed E-state index contributed by atoms with van der Waals surface area (Å²) in [6, 6.07) is 7.78. The lowest BCUT2D eigenvalue weighted by Crippen LogP contribution is -2.38. The predicted octanol–water partition coefficient (Wildman–Crippen LogP) is 2.28. The van der Waals surface area contributed by atoms with Gasteiger partial charge in [-0.25, -0.2) is 0 Å². The van der Waals surface area contributed by atoms with E-state index in [1.165, 1.54) is 0 Å². The van der Waals surface area contributed by atoms with Crippen molar-refractivity contribution in [1.82, 2.24) is 0 Å². The van der Waals surface area contributed by atoms with Crippen molar-refractivity contribution in [2.24, 2.45) is 0 Å². The smallest absolute Gasteiger partial charge is 0.0992 e. The Balaban J connectivity index is 2.26. The van der Waals surface area contributed by atoms with Crippen molar-refractivity contribution in [1.29, 1.82) is 5.26 Å². The first-order valence-electron chi connectivity index (χ1n) is 5.33. The largest absolute Gasteiger partial charge is 0.391 e. The second kappa shape index (κ2) is 4.86. The molecular formula is C12H13BrN2O. The van der Waals surface area contributed by atoms with Gasteiger partial charge in [-0.3, -0.25) is 0 Å². The molecule has 1 unspecified atom stereocenters. The van der Waals surface area contributed by atoms with Crippen LogP contribution in [-0.2, 0) is 0 Å². The zero-order valence-electron chi connectivity index (χ0n) is 8.86. The standard InChI is InChI=1S/C12H13BrN2O/c13-10-4-9(7-14)5-11(6-10)15-3-1-2-12(16)8-15/h4-6,12,16H,1-3,8H2. The zero-order chi connectivity index (χ0) is 11.5. The number of nitrogens with zero attached hydrogens (tertiary/aromatic N) is 2. The second-order valence-corrected chi connectivity index (χ2v) is 4.97. The minimum absolute atomic E-state index is 0.252. The molecular weight excluding hydrogens is 268 g/mol. The summed E-state index contributed by atoms with van der Waals surface area (Å²) in [7, 11) is 0. The molecule has 1 aliphatic rings. The van der Waals surface area contributed by atoms with Gasteiger partial charge in [-0.05, 0) is 31.0 Å². The number of aliphatic hydroxyl groups is 1. The Morgan fingerprint density at radius 3 is 2.94 bits per heavy atom. The molecule has 1 aromatic rings. The monoisotopic (exact) mass is 280 g/mol. The van der Waals surface area contributed by atoms with E-state index in [0.29, 0.717) is 12.1 Å². The molecule has 0 saturated carbocycles. The van der Waals surface area contributed by atoms with Crippen molar-refractivity contribution in [2.75, 3.05) is 18.0 Å². The van der Waals surface area contributed by atoms with Gasteiger partial charge in [-0.15, -0.1) is 0 Å². The van der Waals surface area contributed by atoms with Gasteiger partial charge in [-0.1, -0.05) is 15.9 Å². The van der Waals surface area contributed by atoms with Crippen LogP contribution in [0.3, 0.4) is 0 Å². The number of β-amino-alcohol motifs (C(OH)–C–C–N with tert-alkyl or cyclic N) is 1. The summed E-state index contributed by atoms with van der Waals surface area (Å²) in [6.45, 7) is 1.60. The van der Waals surface area contributed by atoms with Gasteiger partial charge in [0, 0.05) is 23.2 Å². The molecule has 1 N–H and O–H groups in total. The van der Waals surface area contributed by atoms with E-state index >= 15 is 0 Å². The topological polar surface area (TPSA) is 47.3 Å². The van der Waals surface area contributed by atoms with Crippen molar-refractivity contribution in [3.8, 4) is 6.07 Å². The van der Waals surface area contributed by atoms with E-state index in [2.05, 4.69) is 26.9 Å². The zero-order valence-corrected chi connectivity index (χ0v) is 10.4. The lowest BCUT2D eigenvalue weighted by molar-refractivity contribution is 0.154. The summed E-state index contributed by atoms with van der Waals surface area (Å²) >= 11 is 3.40. The Kier molecular flexibility index (Phi) is 3.47. The molecule has 1 saturated heterocycles. The molecule has 4 heteroatoms. The molecule has 0 aliphatic carbocycles. The van der Waals surface area contributed by atoms with Crippen LogP contribution in [0, 0.1) is 11.3 Å². The van der Waals surface area contributed by atoms with E-state index in [9.17, 15) is 5.11 Å². The SMILES string of the molecule is N#Cc1cc(Br)cc(N2CCCC(O)C2)c1. The van der Waals surface area contributed by atoms with Gasteiger partial charge in [-0.2, -0.15) is 5.26 Å². The summed E-state index contributed by atoms with van der Waals surface area (Å²) in [6.07, 6.45) is 1.61. The summed E-state index contributed by atoms with van der Waals surface area (Å²) in [5.41, 5.74) is 1.65. The molecule has 16 heavy (non-hydrogen) atoms. The maximum atomic E-state index is 9.62. The van der Waals surface area contributed by atoms with Crippen molar-refractivity contribution >= 4 is 21.6 Å². The molecule has 84 valence electrons. The van der Waals surface area contributed by atoms with Crippen LogP contribution in [0.1, 0.15) is 18.4 Å². The van der Waals surface area contributed by atoms with Gasteiger partial charge in [0.15, 0.2) is 0 Å². The third-order valence-electron chi connectivity index (χ3n) is 2.77. The minimum Gasteiger partial charge on any atom is -0.391 e. The van der Waals surface area contributed by atoms with Gasteiger partial charge < -0.3 is 10.0 Å². The average molecular weight is 281 g/mol. The molecule has 1 atom stereocenters. The Morgan fingerprint density at radius 1 is 1.44 bits per heavy atom. The number of rotatable bonds is 1. The number of anilines is 1. The molecule has 1 aromatic carbocycles. The maximum Gasteiger partial charge on any atom is 0.0992 e. The Hall–Kier alpha value is -1.05. The maximum absolute atomic E-state index is 9.62. The first-order valence-corrected chi connectivity index (χ1v) is 6.12. The number of nitriles is 1. The number of hydrogen-bond acceptors (Lipinski definition) is 3. The highest BCUT2D eigenvalue weighted by atomic mass is 79.9. The van der Waals surface area contributed by atoms with Gasteiger partial charge in [0.1, 0.15) is 0 Å². The van der Waals surface area contributed by atoms with Crippen LogP contribution < -0.4 is 4.90 Å². The summed E-state index contributed by atoms with van der Waals surface area (Å²) < 4.78 is 0.904. The molecule has 2 rings (SSSR count). The van der Waals surface area contributed by atoms with E-state index in [-0.39, 0.29) is 6.10 Å². The molecule has 0 spiro atoms. The Labute approximate surface area is 103 Å². The Morgan fingerprint density at radius 2 is 2.25 bits per heavy atom. The number of halogens is 1. The number of piperidine rings is 1. The van der Waals surface area contributed by atoms with Crippen LogP contribution >= 0.6 is 15.9 Å². The highest BCUT2D eigenvalue weighted by Crippen LogP contribution is 2.25. The van der Waals surface area contributed by atoms with Crippen LogP contribution in [-0.4, -0.2) is 24.3 Å². The highest BCUT2D eigenvalue weighted by molar-refractivity contribution is 9.10. The van der Waals surface area contributed by atoms with E-state index in [1.54, 1.807) is 6.07 Å². The molecule has 0 bridgehead atoms. The van der Waals surface area contributed by atoms with Crippen LogP contribution in [0.15, 0.2) is 22.7 Å². The lowest BCUT2D eigenvalue weighted by atomic mass is 10.1. The minimum atomic E-state index is -0.252. The van der Waals surface area contributed by atoms with Gasteiger partial charge in [0.25, 0.3) is 0 Å². The molecule has 1 aliphatic heterocycles. The van der Waals surface area contributed by atoms with Crippen LogP contribution in [0.2, 0.25) is 0 Å². The van der Waals surface area contributed by atoms with Crippen molar-refractivity contribution < 1.29 is 5.11 Å². The van der Waals surface area contributed by atoms with Gasteiger partial charge in [0.2, 0.25) is 0 Å². The van der Waals surface area contributed by atoms with E-state index in [1.807, 2.05) is 12.1 Å². The average Bonchev–Trinajstić information content (AvgIpc) is 2.28. The van der Waals surface area contributed by atoms with Crippen molar-refractivity contribution in [3.63, 3.8) is 0 Å². The fourth-order valence-corrected chi connectivity index (χ4v) is 2.49. The van der Waals surface area contributed by atoms with E-state index in [0.717, 1.165) is 29.5 Å². The van der Waals surface area contributed by atoms with Crippen molar-refractivity contribution in [2.45, 2.75) is 18.9 Å². The molecule has 1 fully saturated rings. The van der Waals surface area contributed by atoms with E-state index < -0.39 is 0 Å². The highest BCUT2D eigenvalue weighted by Gasteiger charge is 2.18. The first-order chi connectivity index (χ1) is 7.69. The molecule has 0 aromatic heterocycles. The molecule has 3 nitrogen and oxygen atoms in total. The fourth-order valence-electron chi connectivity index (χ4n) is 2.01. The van der Waals surface area contributed by atoms with Gasteiger partial charge >= 0.3 is 0 Å².